The van der Waals surface area contributed by atoms with Gasteiger partial charge in [-0.1, -0.05) is 18.2 Å². The van der Waals surface area contributed by atoms with Gasteiger partial charge in [0, 0.05) is 30.9 Å². The first-order valence-electron chi connectivity index (χ1n) is 8.46. The van der Waals surface area contributed by atoms with E-state index in [9.17, 15) is 5.11 Å². The summed E-state index contributed by atoms with van der Waals surface area (Å²) in [5, 5.41) is 17.2. The summed E-state index contributed by atoms with van der Waals surface area (Å²) >= 11 is 5.24. The second kappa shape index (κ2) is 5.61. The molecule has 1 aliphatic carbocycles. The molecule has 128 valence electrons. The quantitative estimate of drug-likeness (QED) is 0.678. The Morgan fingerprint density at radius 2 is 2.16 bits per heavy atom. The van der Waals surface area contributed by atoms with Crippen molar-refractivity contribution in [2.45, 2.75) is 37.5 Å². The minimum absolute atomic E-state index is 0.142. The lowest BCUT2D eigenvalue weighted by Crippen LogP contribution is -2.53. The van der Waals surface area contributed by atoms with Gasteiger partial charge in [-0.2, -0.15) is 5.10 Å². The highest BCUT2D eigenvalue weighted by Crippen LogP contribution is 2.50. The topological polar surface area (TPSA) is 45.1 Å². The number of hydrazone groups is 1. The third-order valence-electron chi connectivity index (χ3n) is 5.08. The van der Waals surface area contributed by atoms with Gasteiger partial charge in [-0.15, -0.1) is 11.3 Å². The largest absolute Gasteiger partial charge is 0.512 e. The van der Waals surface area contributed by atoms with Crippen molar-refractivity contribution < 1.29 is 9.84 Å². The summed E-state index contributed by atoms with van der Waals surface area (Å²) in [6.07, 6.45) is 5.13. The molecule has 1 aromatic heterocycles. The number of nitrogens with zero attached hydrogens (tertiary/aromatic N) is 2. The summed E-state index contributed by atoms with van der Waals surface area (Å²) < 4.78 is 7.52. The Hall–Kier alpha value is -1.79. The minimum Gasteiger partial charge on any atom is -0.512 e. The summed E-state index contributed by atoms with van der Waals surface area (Å²) in [5.41, 5.74) is 1.57. The number of ether oxygens (including phenoxy) is 1. The normalized spacial score (nSPS) is 27.4. The summed E-state index contributed by atoms with van der Waals surface area (Å²) in [5.74, 6) is 1.30. The highest BCUT2D eigenvalue weighted by molar-refractivity contribution is 9.11. The molecule has 1 spiro atoms. The van der Waals surface area contributed by atoms with E-state index in [2.05, 4.69) is 39.1 Å². The van der Waals surface area contributed by atoms with Gasteiger partial charge in [0.05, 0.1) is 26.2 Å². The fraction of sp³-hybridized carbons (Fsp3) is 0.316. The van der Waals surface area contributed by atoms with Crippen LogP contribution in [-0.2, 0) is 0 Å². The molecule has 0 amide bonds. The van der Waals surface area contributed by atoms with Gasteiger partial charge in [0.2, 0.25) is 5.72 Å². The van der Waals surface area contributed by atoms with Crippen molar-refractivity contribution in [3.8, 4) is 5.75 Å². The molecule has 0 saturated heterocycles. The number of aliphatic hydroxyl groups is 1. The van der Waals surface area contributed by atoms with Crippen LogP contribution in [0.3, 0.4) is 0 Å². The second-order valence-electron chi connectivity index (χ2n) is 6.69. The third-order valence-corrected chi connectivity index (χ3v) is 6.75. The van der Waals surface area contributed by atoms with Gasteiger partial charge in [-0.25, -0.2) is 5.01 Å². The van der Waals surface area contributed by atoms with Crippen LogP contribution in [0.25, 0.3) is 0 Å². The Labute approximate surface area is 158 Å². The third kappa shape index (κ3) is 2.42. The van der Waals surface area contributed by atoms with E-state index < -0.39 is 5.72 Å². The number of benzene rings is 1. The monoisotopic (exact) mass is 416 g/mol. The predicted octanol–water partition coefficient (Wildman–Crippen LogP) is 5.38. The Morgan fingerprint density at radius 3 is 2.96 bits per heavy atom. The average Bonchev–Trinajstić information content (AvgIpc) is 3.22. The number of allylic oxidation sites excluding steroid dienone is 1. The number of hydrogen-bond donors (Lipinski definition) is 1. The molecule has 0 bridgehead atoms. The van der Waals surface area contributed by atoms with E-state index in [4.69, 9.17) is 9.84 Å². The molecule has 2 atom stereocenters. The van der Waals surface area contributed by atoms with E-state index in [1.165, 1.54) is 10.4 Å². The Balaban J connectivity index is 1.64. The summed E-state index contributed by atoms with van der Waals surface area (Å²) in [7, 11) is 0. The van der Waals surface area contributed by atoms with Crippen molar-refractivity contribution in [2.24, 2.45) is 5.10 Å². The van der Waals surface area contributed by atoms with E-state index in [1.807, 2.05) is 24.3 Å². The molecule has 0 fully saturated rings. The maximum absolute atomic E-state index is 10.2. The van der Waals surface area contributed by atoms with Gasteiger partial charge in [0.15, 0.2) is 0 Å². The Morgan fingerprint density at radius 1 is 1.28 bits per heavy atom. The number of halogens is 1. The highest BCUT2D eigenvalue weighted by atomic mass is 79.9. The number of para-hydroxylation sites is 1. The molecule has 1 aromatic carbocycles. The molecule has 0 saturated carbocycles. The van der Waals surface area contributed by atoms with E-state index >= 15 is 0 Å². The molecule has 0 unspecified atom stereocenters. The van der Waals surface area contributed by atoms with Crippen LogP contribution in [0.4, 0.5) is 0 Å². The minimum atomic E-state index is -0.683. The predicted molar refractivity (Wildman–Crippen MR) is 102 cm³/mol. The molecule has 2 aliphatic heterocycles. The maximum atomic E-state index is 10.2. The van der Waals surface area contributed by atoms with Crippen molar-refractivity contribution in [1.29, 1.82) is 0 Å². The zero-order valence-electron chi connectivity index (χ0n) is 13.5. The zero-order valence-corrected chi connectivity index (χ0v) is 15.9. The van der Waals surface area contributed by atoms with Crippen molar-refractivity contribution in [3.05, 3.63) is 62.5 Å². The number of hydrogen-bond acceptors (Lipinski definition) is 5. The van der Waals surface area contributed by atoms with Gasteiger partial charge in [-0.05, 0) is 40.5 Å². The van der Waals surface area contributed by atoms with Crippen LogP contribution in [0, 0.1) is 0 Å². The van der Waals surface area contributed by atoms with E-state index in [1.54, 1.807) is 11.3 Å². The lowest BCUT2D eigenvalue weighted by Gasteiger charge is -2.47. The average molecular weight is 417 g/mol. The summed E-state index contributed by atoms with van der Waals surface area (Å²) in [6.45, 7) is 0. The van der Waals surface area contributed by atoms with Crippen molar-refractivity contribution >= 4 is 33.0 Å². The fourth-order valence-corrected chi connectivity index (χ4v) is 5.37. The standard InChI is InChI=1S/C19H17BrN2O2S/c20-18-8-7-17(25-18)14-10-15-13-5-1-2-6-16(13)24-19(22(15)21-14)9-3-4-12(23)11-19/h1-2,5-8,11,15,23H,3-4,9-10H2/t15-,19+/m0/s1. The van der Waals surface area contributed by atoms with Crippen LogP contribution in [0.15, 0.2) is 57.1 Å². The van der Waals surface area contributed by atoms with E-state index in [-0.39, 0.29) is 6.04 Å². The molecule has 4 nitrogen and oxygen atoms in total. The van der Waals surface area contributed by atoms with Crippen LogP contribution in [0.2, 0.25) is 0 Å². The first kappa shape index (κ1) is 15.5. The van der Waals surface area contributed by atoms with Gasteiger partial charge < -0.3 is 9.84 Å². The molecule has 1 N–H and O–H groups in total. The molecule has 0 radical (unpaired) electrons. The smallest absolute Gasteiger partial charge is 0.220 e. The maximum Gasteiger partial charge on any atom is 0.220 e. The fourth-order valence-electron chi connectivity index (χ4n) is 3.99. The molecule has 2 aromatic rings. The van der Waals surface area contributed by atoms with Gasteiger partial charge in [-0.3, -0.25) is 0 Å². The van der Waals surface area contributed by atoms with Crippen LogP contribution >= 0.6 is 27.3 Å². The summed E-state index contributed by atoms with van der Waals surface area (Å²) in [6, 6.07) is 12.5. The Kier molecular flexibility index (Phi) is 3.47. The van der Waals surface area contributed by atoms with E-state index in [0.29, 0.717) is 12.2 Å². The molecule has 6 heteroatoms. The van der Waals surface area contributed by atoms with Crippen LogP contribution in [0.1, 0.15) is 42.2 Å². The van der Waals surface area contributed by atoms with Gasteiger partial charge >= 0.3 is 0 Å². The lowest BCUT2D eigenvalue weighted by molar-refractivity contribution is -0.0944. The van der Waals surface area contributed by atoms with Crippen LogP contribution in [-0.4, -0.2) is 21.6 Å². The van der Waals surface area contributed by atoms with Crippen molar-refractivity contribution in [3.63, 3.8) is 0 Å². The van der Waals surface area contributed by atoms with Gasteiger partial charge in [0.1, 0.15) is 5.75 Å². The number of fused-ring (bicyclic) bond motifs is 4. The molecule has 25 heavy (non-hydrogen) atoms. The summed E-state index contributed by atoms with van der Waals surface area (Å²) in [4.78, 5) is 1.18. The number of rotatable bonds is 1. The molecule has 5 rings (SSSR count). The van der Waals surface area contributed by atoms with Crippen molar-refractivity contribution in [1.82, 2.24) is 5.01 Å². The molecule has 3 aliphatic rings. The SMILES string of the molecule is OC1=C[C@@]2(CCC1)Oc1ccccc1[C@@H]1CC(c3ccc(Br)s3)=NN12. The van der Waals surface area contributed by atoms with Crippen molar-refractivity contribution in [2.75, 3.05) is 0 Å². The molecule has 3 heterocycles. The first-order chi connectivity index (χ1) is 12.1. The molecular formula is C19H17BrN2O2S. The lowest BCUT2D eigenvalue weighted by atomic mass is 9.90. The first-order valence-corrected chi connectivity index (χ1v) is 10.1. The number of thiophene rings is 1. The zero-order chi connectivity index (χ0) is 17.0. The van der Waals surface area contributed by atoms with Gasteiger partial charge in [0.25, 0.3) is 0 Å². The highest BCUT2D eigenvalue weighted by Gasteiger charge is 2.50. The number of aliphatic hydroxyl groups excluding tert-OH is 1. The van der Waals surface area contributed by atoms with Crippen LogP contribution in [0.5, 0.6) is 5.75 Å². The Bertz CT molecular complexity index is 906. The second-order valence-corrected chi connectivity index (χ2v) is 9.15. The molecular weight excluding hydrogens is 400 g/mol. The van der Waals surface area contributed by atoms with Crippen LogP contribution < -0.4 is 4.74 Å². The van der Waals surface area contributed by atoms with E-state index in [0.717, 1.165) is 34.5 Å².